The zero-order chi connectivity index (χ0) is 16.6. The molecule has 3 rings (SSSR count). The third kappa shape index (κ3) is 2.84. The normalized spacial score (nSPS) is 14.0. The second-order valence-corrected chi connectivity index (χ2v) is 5.99. The Hall–Kier alpha value is -2.64. The van der Waals surface area contributed by atoms with Gasteiger partial charge < -0.3 is 10.2 Å². The highest BCUT2D eigenvalue weighted by Gasteiger charge is 2.28. The number of rotatable bonds is 4. The Morgan fingerprint density at radius 2 is 2.09 bits per heavy atom. The third-order valence-corrected chi connectivity index (χ3v) is 3.99. The molecule has 122 valence electrons. The Labute approximate surface area is 133 Å². The monoisotopic (exact) mass is 316 g/mol. The average Bonchev–Trinajstić information content (AvgIpc) is 3.03. The van der Waals surface area contributed by atoms with Crippen LogP contribution in [0.15, 0.2) is 12.3 Å². The summed E-state index contributed by atoms with van der Waals surface area (Å²) < 4.78 is 1.42. The Morgan fingerprint density at radius 1 is 1.35 bits per heavy atom. The van der Waals surface area contributed by atoms with Crippen molar-refractivity contribution in [2.24, 2.45) is 7.05 Å². The highest BCUT2D eigenvalue weighted by molar-refractivity contribution is 6.10. The van der Waals surface area contributed by atoms with Crippen molar-refractivity contribution >= 4 is 17.6 Å². The lowest BCUT2D eigenvalue weighted by atomic mass is 10.1. The summed E-state index contributed by atoms with van der Waals surface area (Å²) >= 11 is 0. The molecule has 23 heavy (non-hydrogen) atoms. The van der Waals surface area contributed by atoms with E-state index in [2.05, 4.69) is 20.6 Å². The van der Waals surface area contributed by atoms with Gasteiger partial charge in [-0.2, -0.15) is 10.2 Å². The van der Waals surface area contributed by atoms with Crippen molar-refractivity contribution in [2.45, 2.75) is 26.2 Å². The Bertz CT molecular complexity index is 741. The first-order valence-electron chi connectivity index (χ1n) is 7.65. The molecule has 8 nitrogen and oxygen atoms in total. The lowest BCUT2D eigenvalue weighted by Gasteiger charge is -2.30. The van der Waals surface area contributed by atoms with Crippen molar-refractivity contribution < 1.29 is 9.59 Å². The highest BCUT2D eigenvalue weighted by Crippen LogP contribution is 2.18. The second kappa shape index (κ2) is 5.86. The molecule has 2 amide bonds. The molecular weight excluding hydrogens is 296 g/mol. The molecule has 3 heterocycles. The predicted octanol–water partition coefficient (Wildman–Crippen LogP) is 1.36. The van der Waals surface area contributed by atoms with E-state index in [0.717, 1.165) is 25.2 Å². The molecule has 1 aliphatic rings. The van der Waals surface area contributed by atoms with Crippen LogP contribution in [0.5, 0.6) is 0 Å². The molecule has 0 saturated carbocycles. The number of aromatic amines is 1. The average molecular weight is 316 g/mol. The van der Waals surface area contributed by atoms with Gasteiger partial charge in [-0.05, 0) is 12.3 Å². The van der Waals surface area contributed by atoms with Crippen molar-refractivity contribution in [2.75, 3.05) is 18.4 Å². The minimum atomic E-state index is -0.393. The van der Waals surface area contributed by atoms with Crippen LogP contribution in [-0.2, 0) is 7.05 Å². The Kier molecular flexibility index (Phi) is 3.89. The summed E-state index contributed by atoms with van der Waals surface area (Å²) in [6, 6.07) is 1.79. The lowest BCUT2D eigenvalue weighted by molar-refractivity contribution is 0.0648. The molecule has 0 aromatic carbocycles. The molecule has 0 unspecified atom stereocenters. The van der Waals surface area contributed by atoms with E-state index < -0.39 is 5.91 Å². The molecule has 0 bridgehead atoms. The van der Waals surface area contributed by atoms with Crippen molar-refractivity contribution in [1.29, 1.82) is 0 Å². The summed E-state index contributed by atoms with van der Waals surface area (Å²) in [5.74, 6) is 0.172. The molecule has 1 fully saturated rings. The van der Waals surface area contributed by atoms with E-state index in [1.54, 1.807) is 18.0 Å². The number of H-pyrrole nitrogens is 1. The fourth-order valence-corrected chi connectivity index (χ4v) is 2.42. The third-order valence-electron chi connectivity index (χ3n) is 3.99. The first kappa shape index (κ1) is 15.3. The van der Waals surface area contributed by atoms with Gasteiger partial charge in [-0.3, -0.25) is 19.4 Å². The van der Waals surface area contributed by atoms with Gasteiger partial charge in [0.15, 0.2) is 5.82 Å². The van der Waals surface area contributed by atoms with Crippen LogP contribution in [0.1, 0.15) is 52.7 Å². The Morgan fingerprint density at radius 3 is 2.65 bits per heavy atom. The first-order valence-corrected chi connectivity index (χ1v) is 7.65. The summed E-state index contributed by atoms with van der Waals surface area (Å²) in [5, 5.41) is 13.7. The van der Waals surface area contributed by atoms with E-state index in [0.29, 0.717) is 11.4 Å². The van der Waals surface area contributed by atoms with Gasteiger partial charge >= 0.3 is 0 Å². The lowest BCUT2D eigenvalue weighted by Crippen LogP contribution is -2.42. The fraction of sp³-hybridized carbons (Fsp3) is 0.467. The molecule has 0 spiro atoms. The SMILES string of the molecule is CC(C)c1cc(NC(=O)c2c(C(=O)N3CCC3)cnn2C)n[nH]1. The Balaban J connectivity index is 1.81. The second-order valence-electron chi connectivity index (χ2n) is 5.99. The van der Waals surface area contributed by atoms with Crippen molar-refractivity contribution in [3.8, 4) is 0 Å². The molecule has 8 heteroatoms. The largest absolute Gasteiger partial charge is 0.338 e. The molecule has 1 aliphatic heterocycles. The zero-order valence-electron chi connectivity index (χ0n) is 13.5. The maximum atomic E-state index is 12.5. The number of aromatic nitrogens is 4. The van der Waals surface area contributed by atoms with Crippen molar-refractivity contribution in [3.63, 3.8) is 0 Å². The number of hydrogen-bond donors (Lipinski definition) is 2. The number of nitrogens with one attached hydrogen (secondary N) is 2. The summed E-state index contributed by atoms with van der Waals surface area (Å²) in [5.41, 5.74) is 1.50. The molecule has 2 aromatic rings. The predicted molar refractivity (Wildman–Crippen MR) is 84.4 cm³/mol. The summed E-state index contributed by atoms with van der Waals surface area (Å²) in [6.07, 6.45) is 2.44. The number of nitrogens with zero attached hydrogens (tertiary/aromatic N) is 4. The summed E-state index contributed by atoms with van der Waals surface area (Å²) in [7, 11) is 1.64. The number of carbonyl (C=O) groups excluding carboxylic acids is 2. The molecule has 0 radical (unpaired) electrons. The first-order chi connectivity index (χ1) is 11.0. The van der Waals surface area contributed by atoms with Crippen LogP contribution in [0, 0.1) is 0 Å². The number of anilines is 1. The van der Waals surface area contributed by atoms with Crippen LogP contribution < -0.4 is 5.32 Å². The van der Waals surface area contributed by atoms with E-state index in [-0.39, 0.29) is 17.5 Å². The van der Waals surface area contributed by atoms with Crippen LogP contribution in [-0.4, -0.2) is 49.8 Å². The van der Waals surface area contributed by atoms with Crippen molar-refractivity contribution in [1.82, 2.24) is 24.9 Å². The van der Waals surface area contributed by atoms with E-state index in [1.165, 1.54) is 10.9 Å². The van der Waals surface area contributed by atoms with Gasteiger partial charge in [0.05, 0.1) is 11.8 Å². The highest BCUT2D eigenvalue weighted by atomic mass is 16.2. The van der Waals surface area contributed by atoms with Gasteiger partial charge in [-0.15, -0.1) is 0 Å². The fourth-order valence-electron chi connectivity index (χ4n) is 2.42. The zero-order valence-corrected chi connectivity index (χ0v) is 13.5. The van der Waals surface area contributed by atoms with Gasteiger partial charge in [-0.25, -0.2) is 0 Å². The molecule has 2 N–H and O–H groups in total. The molecule has 1 saturated heterocycles. The quantitative estimate of drug-likeness (QED) is 0.890. The van der Waals surface area contributed by atoms with E-state index in [9.17, 15) is 9.59 Å². The topological polar surface area (TPSA) is 95.9 Å². The number of aryl methyl sites for hydroxylation is 1. The van der Waals surface area contributed by atoms with Gasteiger partial charge in [0.2, 0.25) is 0 Å². The number of amides is 2. The van der Waals surface area contributed by atoms with Gasteiger partial charge in [0.1, 0.15) is 5.69 Å². The molecule has 2 aromatic heterocycles. The summed E-state index contributed by atoms with van der Waals surface area (Å²) in [4.78, 5) is 26.6. The molecular formula is C15H20N6O2. The maximum absolute atomic E-state index is 12.5. The van der Waals surface area contributed by atoms with E-state index in [4.69, 9.17) is 0 Å². The van der Waals surface area contributed by atoms with Gasteiger partial charge in [-0.1, -0.05) is 13.8 Å². The smallest absolute Gasteiger partial charge is 0.275 e. The number of carbonyl (C=O) groups is 2. The van der Waals surface area contributed by atoms with Crippen LogP contribution in [0.3, 0.4) is 0 Å². The van der Waals surface area contributed by atoms with Gasteiger partial charge in [0.25, 0.3) is 11.8 Å². The summed E-state index contributed by atoms with van der Waals surface area (Å²) in [6.45, 7) is 5.52. The number of likely N-dealkylation sites (tertiary alicyclic amines) is 1. The van der Waals surface area contributed by atoms with E-state index >= 15 is 0 Å². The molecule has 0 atom stereocenters. The minimum Gasteiger partial charge on any atom is -0.338 e. The van der Waals surface area contributed by atoms with Crippen LogP contribution in [0.2, 0.25) is 0 Å². The molecule has 0 aliphatic carbocycles. The van der Waals surface area contributed by atoms with Crippen LogP contribution >= 0.6 is 0 Å². The standard InChI is InChI=1S/C15H20N6O2/c1-9(2)11-7-12(19-18-11)17-14(22)13-10(8-16-20(13)3)15(23)21-5-4-6-21/h7-9H,4-6H2,1-3H3,(H2,17,18,19,22). The van der Waals surface area contributed by atoms with Crippen LogP contribution in [0.4, 0.5) is 5.82 Å². The maximum Gasteiger partial charge on any atom is 0.275 e. The van der Waals surface area contributed by atoms with Gasteiger partial charge in [0, 0.05) is 31.9 Å². The van der Waals surface area contributed by atoms with E-state index in [1.807, 2.05) is 13.8 Å². The number of hydrogen-bond acceptors (Lipinski definition) is 4. The van der Waals surface area contributed by atoms with Crippen LogP contribution in [0.25, 0.3) is 0 Å². The minimum absolute atomic E-state index is 0.153. The van der Waals surface area contributed by atoms with Crippen molar-refractivity contribution in [3.05, 3.63) is 29.2 Å².